The van der Waals surface area contributed by atoms with E-state index in [4.69, 9.17) is 4.74 Å². The lowest BCUT2D eigenvalue weighted by atomic mass is 10.1. The molecule has 1 aromatic carbocycles. The van der Waals surface area contributed by atoms with Crippen LogP contribution in [-0.2, 0) is 11.5 Å². The van der Waals surface area contributed by atoms with Crippen LogP contribution in [0.5, 0.6) is 0 Å². The maximum Gasteiger partial charge on any atom is 0.330 e. The third kappa shape index (κ3) is 3.59. The second-order valence-electron chi connectivity index (χ2n) is 4.27. The van der Waals surface area contributed by atoms with Crippen LogP contribution in [0.1, 0.15) is 35.5 Å². The molecule has 0 fully saturated rings. The smallest absolute Gasteiger partial charge is 0.330 e. The second kappa shape index (κ2) is 8.09. The van der Waals surface area contributed by atoms with Crippen LogP contribution in [0.25, 0.3) is 0 Å². The summed E-state index contributed by atoms with van der Waals surface area (Å²) < 4.78 is 6.04. The van der Waals surface area contributed by atoms with E-state index in [2.05, 4.69) is 4.98 Å². The molecule has 0 aliphatic heterocycles. The first-order chi connectivity index (χ1) is 10.6. The molecule has 0 amide bonds. The third-order valence-corrected chi connectivity index (χ3v) is 2.94. The van der Waals surface area contributed by atoms with Crippen molar-refractivity contribution < 1.29 is 9.53 Å². The van der Waals surface area contributed by atoms with Crippen molar-refractivity contribution in [2.45, 2.75) is 27.5 Å². The summed E-state index contributed by atoms with van der Waals surface area (Å²) in [5, 5.41) is 0. The molecule has 0 bridgehead atoms. The van der Waals surface area contributed by atoms with Crippen LogP contribution in [0.3, 0.4) is 0 Å². The Morgan fingerprint density at radius 2 is 1.77 bits per heavy atom. The highest BCUT2D eigenvalue weighted by Crippen LogP contribution is 2.10. The minimum atomic E-state index is -0.665. The Balaban J connectivity index is 0.00000116. The van der Waals surface area contributed by atoms with Gasteiger partial charge in [-0.25, -0.2) is 4.79 Å². The fraction of sp³-hybridized carbons (Fsp3) is 0.312. The van der Waals surface area contributed by atoms with E-state index >= 15 is 0 Å². The van der Waals surface area contributed by atoms with Gasteiger partial charge in [-0.2, -0.15) is 0 Å². The van der Waals surface area contributed by atoms with Crippen LogP contribution >= 0.6 is 0 Å². The van der Waals surface area contributed by atoms with Crippen molar-refractivity contribution in [3.8, 4) is 0 Å². The molecule has 0 saturated heterocycles. The number of H-pyrrole nitrogens is 1. The second-order valence-corrected chi connectivity index (χ2v) is 4.27. The Bertz CT molecular complexity index is 745. The lowest BCUT2D eigenvalue weighted by Gasteiger charge is -2.12. The zero-order chi connectivity index (χ0) is 16.7. The highest BCUT2D eigenvalue weighted by atomic mass is 16.5. The number of carbonyl (C=O) groups excluding carboxylic acids is 1. The molecule has 1 heterocycles. The molecule has 0 radical (unpaired) electrons. The summed E-state index contributed by atoms with van der Waals surface area (Å²) >= 11 is 0. The van der Waals surface area contributed by atoms with Gasteiger partial charge in [0.1, 0.15) is 12.4 Å². The van der Waals surface area contributed by atoms with Crippen molar-refractivity contribution >= 4 is 5.78 Å². The number of aromatic nitrogens is 2. The lowest BCUT2D eigenvalue weighted by Crippen LogP contribution is -2.36. The van der Waals surface area contributed by atoms with Crippen LogP contribution in [0.15, 0.2) is 39.9 Å². The van der Waals surface area contributed by atoms with Gasteiger partial charge in [0.2, 0.25) is 5.78 Å². The van der Waals surface area contributed by atoms with Gasteiger partial charge in [-0.3, -0.25) is 19.1 Å². The van der Waals surface area contributed by atoms with Gasteiger partial charge in [0, 0.05) is 18.2 Å². The van der Waals surface area contributed by atoms with Crippen LogP contribution in [0.4, 0.5) is 0 Å². The van der Waals surface area contributed by atoms with Gasteiger partial charge in [0.05, 0.1) is 0 Å². The first kappa shape index (κ1) is 17.6. The fourth-order valence-electron chi connectivity index (χ4n) is 1.94. The zero-order valence-corrected chi connectivity index (χ0v) is 13.2. The highest BCUT2D eigenvalue weighted by Gasteiger charge is 2.19. The van der Waals surface area contributed by atoms with Crippen molar-refractivity contribution in [2.24, 2.45) is 0 Å². The first-order valence-corrected chi connectivity index (χ1v) is 6.98. The Morgan fingerprint density at radius 1 is 1.18 bits per heavy atom. The molecular formula is C16H20N2O4. The molecule has 22 heavy (non-hydrogen) atoms. The Labute approximate surface area is 128 Å². The minimum absolute atomic E-state index is 0.0480. The minimum Gasteiger partial charge on any atom is -0.364 e. The molecule has 6 heteroatoms. The third-order valence-electron chi connectivity index (χ3n) is 2.94. The van der Waals surface area contributed by atoms with Crippen molar-refractivity contribution in [3.63, 3.8) is 0 Å². The summed E-state index contributed by atoms with van der Waals surface area (Å²) in [7, 11) is 1.41. The number of methoxy groups -OCH3 is 1. The van der Waals surface area contributed by atoms with Gasteiger partial charge in [-0.1, -0.05) is 44.2 Å². The maximum absolute atomic E-state index is 12.5. The summed E-state index contributed by atoms with van der Waals surface area (Å²) in [5.74, 6) is -0.386. The number of hydrogen-bond donors (Lipinski definition) is 1. The predicted molar refractivity (Wildman–Crippen MR) is 84.3 cm³/mol. The summed E-state index contributed by atoms with van der Waals surface area (Å²) in [6.07, 6.45) is 0. The Kier molecular flexibility index (Phi) is 6.47. The molecule has 0 aliphatic carbocycles. The number of nitrogens with zero attached hydrogens (tertiary/aromatic N) is 1. The molecular weight excluding hydrogens is 284 g/mol. The van der Waals surface area contributed by atoms with Crippen LogP contribution in [0.2, 0.25) is 0 Å². The molecule has 2 aromatic rings. The number of aromatic amines is 1. The number of benzene rings is 1. The average molecular weight is 304 g/mol. The summed E-state index contributed by atoms with van der Waals surface area (Å²) in [6.45, 7) is 5.39. The SMILES string of the molecule is CC.COCn1c(C(=O)c2ccccc2)c(C)c(=O)[nH]c1=O. The van der Waals surface area contributed by atoms with E-state index < -0.39 is 11.2 Å². The van der Waals surface area contributed by atoms with Crippen molar-refractivity contribution in [3.05, 3.63) is 68.0 Å². The van der Waals surface area contributed by atoms with Gasteiger partial charge in [-0.15, -0.1) is 0 Å². The van der Waals surface area contributed by atoms with E-state index in [1.165, 1.54) is 14.0 Å². The van der Waals surface area contributed by atoms with Crippen LogP contribution < -0.4 is 11.2 Å². The summed E-state index contributed by atoms with van der Waals surface area (Å²) in [5.41, 5.74) is -0.587. The fourth-order valence-corrected chi connectivity index (χ4v) is 1.94. The molecule has 1 N–H and O–H groups in total. The Hall–Kier alpha value is -2.47. The van der Waals surface area contributed by atoms with Crippen LogP contribution in [0, 0.1) is 6.92 Å². The number of carbonyl (C=O) groups is 1. The quantitative estimate of drug-likeness (QED) is 0.872. The average Bonchev–Trinajstić information content (AvgIpc) is 2.55. The van der Waals surface area contributed by atoms with E-state index in [9.17, 15) is 14.4 Å². The first-order valence-electron chi connectivity index (χ1n) is 6.98. The van der Waals surface area contributed by atoms with Crippen molar-refractivity contribution in [2.75, 3.05) is 7.11 Å². The van der Waals surface area contributed by atoms with Gasteiger partial charge >= 0.3 is 5.69 Å². The number of hydrogen-bond acceptors (Lipinski definition) is 4. The molecule has 1 aromatic heterocycles. The lowest BCUT2D eigenvalue weighted by molar-refractivity contribution is 0.0975. The summed E-state index contributed by atoms with van der Waals surface area (Å²) in [4.78, 5) is 38.2. The molecule has 0 saturated carbocycles. The van der Waals surface area contributed by atoms with Crippen LogP contribution in [-0.4, -0.2) is 22.4 Å². The number of nitrogens with one attached hydrogen (secondary N) is 1. The maximum atomic E-state index is 12.5. The van der Waals surface area contributed by atoms with E-state index in [-0.39, 0.29) is 23.8 Å². The zero-order valence-electron chi connectivity index (χ0n) is 13.2. The normalized spacial score (nSPS) is 9.82. The largest absolute Gasteiger partial charge is 0.364 e. The van der Waals surface area contributed by atoms with E-state index in [1.54, 1.807) is 30.3 Å². The molecule has 0 aliphatic rings. The van der Waals surface area contributed by atoms with Gasteiger partial charge in [-0.05, 0) is 6.92 Å². The van der Waals surface area contributed by atoms with Gasteiger partial charge < -0.3 is 4.74 Å². The molecule has 0 unspecified atom stereocenters. The van der Waals surface area contributed by atoms with Gasteiger partial charge in [0.15, 0.2) is 0 Å². The van der Waals surface area contributed by atoms with Crippen molar-refractivity contribution in [1.29, 1.82) is 0 Å². The number of ketones is 1. The number of ether oxygens (including phenoxy) is 1. The molecule has 0 atom stereocenters. The van der Waals surface area contributed by atoms with Gasteiger partial charge in [0.25, 0.3) is 5.56 Å². The van der Waals surface area contributed by atoms with Crippen molar-refractivity contribution in [1.82, 2.24) is 9.55 Å². The van der Waals surface area contributed by atoms with E-state index in [1.807, 2.05) is 13.8 Å². The monoisotopic (exact) mass is 304 g/mol. The summed E-state index contributed by atoms with van der Waals surface area (Å²) in [6, 6.07) is 8.47. The molecule has 0 spiro atoms. The highest BCUT2D eigenvalue weighted by molar-refractivity contribution is 6.08. The van der Waals surface area contributed by atoms with E-state index in [0.29, 0.717) is 5.56 Å². The predicted octanol–water partition coefficient (Wildman–Crippen LogP) is 1.71. The molecule has 118 valence electrons. The van der Waals surface area contributed by atoms with E-state index in [0.717, 1.165) is 4.57 Å². The number of rotatable bonds is 4. The topological polar surface area (TPSA) is 81.2 Å². The Morgan fingerprint density at radius 3 is 2.32 bits per heavy atom. The molecule has 2 rings (SSSR count). The standard InChI is InChI=1S/C14H14N2O4.C2H6/c1-9-11(12(17)10-6-4-3-5-7-10)16(8-20-2)14(19)15-13(9)18;1-2/h3-7H,8H2,1-2H3,(H,15,18,19);1-2H3. The molecule has 6 nitrogen and oxygen atoms in total.